The average molecular weight is 424 g/mol. The van der Waals surface area contributed by atoms with Gasteiger partial charge in [-0.2, -0.15) is 22.0 Å². The molecule has 1 saturated carbocycles. The maximum absolute atomic E-state index is 13.4. The summed E-state index contributed by atoms with van der Waals surface area (Å²) in [7, 11) is 0. The Morgan fingerprint density at radius 1 is 0.897 bits per heavy atom. The lowest BCUT2D eigenvalue weighted by atomic mass is 9.77. The van der Waals surface area contributed by atoms with Gasteiger partial charge in [0.1, 0.15) is 5.75 Å². The minimum Gasteiger partial charge on any atom is -0.430 e. The molecule has 1 unspecified atom stereocenters. The monoisotopic (exact) mass is 424 g/mol. The van der Waals surface area contributed by atoms with E-state index in [2.05, 4.69) is 11.7 Å². The first-order valence-electron chi connectivity index (χ1n) is 10.5. The average Bonchev–Trinajstić information content (AvgIpc) is 2.67. The van der Waals surface area contributed by atoms with Crippen LogP contribution >= 0.6 is 0 Å². The summed E-state index contributed by atoms with van der Waals surface area (Å²) in [6, 6.07) is 5.54. The molecule has 0 aromatic heterocycles. The van der Waals surface area contributed by atoms with Crippen molar-refractivity contribution < 1.29 is 31.1 Å². The Balaban J connectivity index is 1.81. The minimum atomic E-state index is -5.68. The van der Waals surface area contributed by atoms with Gasteiger partial charge in [0.15, 0.2) is 0 Å². The van der Waals surface area contributed by atoms with Gasteiger partial charge in [-0.3, -0.25) is 0 Å². The summed E-state index contributed by atoms with van der Waals surface area (Å²) in [5.41, 5.74) is 0.953. The van der Waals surface area contributed by atoms with Gasteiger partial charge in [-0.1, -0.05) is 57.6 Å². The highest BCUT2D eigenvalue weighted by molar-refractivity contribution is 5.30. The summed E-state index contributed by atoms with van der Waals surface area (Å²) in [6.45, 7) is 2.20. The maximum Gasteiger partial charge on any atom is 0.439 e. The topological polar surface area (TPSA) is 9.23 Å². The number of ether oxygens (including phenoxy) is 1. The molecule has 166 valence electrons. The number of benzene rings is 1. The highest BCUT2D eigenvalue weighted by Crippen LogP contribution is 2.39. The fourth-order valence-electron chi connectivity index (χ4n) is 4.03. The van der Waals surface area contributed by atoms with E-state index in [0.29, 0.717) is 5.92 Å². The van der Waals surface area contributed by atoms with Crippen molar-refractivity contribution in [1.29, 1.82) is 0 Å². The summed E-state index contributed by atoms with van der Waals surface area (Å²) >= 11 is 0. The van der Waals surface area contributed by atoms with Gasteiger partial charge in [0.05, 0.1) is 0 Å². The van der Waals surface area contributed by atoms with E-state index in [1.54, 1.807) is 12.1 Å². The molecule has 0 spiro atoms. The minimum absolute atomic E-state index is 0.310. The van der Waals surface area contributed by atoms with Crippen LogP contribution in [0.5, 0.6) is 5.75 Å². The molecule has 7 heteroatoms. The third-order valence-electron chi connectivity index (χ3n) is 5.75. The Labute approximate surface area is 168 Å². The van der Waals surface area contributed by atoms with Gasteiger partial charge >= 0.3 is 12.3 Å². The van der Waals surface area contributed by atoms with Crippen LogP contribution in [0, 0.1) is 5.92 Å². The summed E-state index contributed by atoms with van der Waals surface area (Å²) in [6.07, 6.45) is -3.10. The second kappa shape index (κ2) is 10.6. The molecular weight excluding hydrogens is 394 g/mol. The van der Waals surface area contributed by atoms with Gasteiger partial charge in [0.25, 0.3) is 6.17 Å². The molecule has 0 heterocycles. The Kier molecular flexibility index (Phi) is 8.71. The Morgan fingerprint density at radius 3 is 2.03 bits per heavy atom. The first-order valence-corrected chi connectivity index (χ1v) is 10.5. The van der Waals surface area contributed by atoms with E-state index >= 15 is 0 Å². The van der Waals surface area contributed by atoms with Gasteiger partial charge in [0, 0.05) is 0 Å². The van der Waals surface area contributed by atoms with Gasteiger partial charge in [-0.15, -0.1) is 0 Å². The molecule has 1 nitrogen and oxygen atoms in total. The fourth-order valence-corrected chi connectivity index (χ4v) is 4.03. The van der Waals surface area contributed by atoms with Crippen molar-refractivity contribution in [2.45, 2.75) is 95.5 Å². The van der Waals surface area contributed by atoms with Crippen LogP contribution in [0.2, 0.25) is 0 Å². The van der Waals surface area contributed by atoms with Crippen LogP contribution < -0.4 is 4.74 Å². The third kappa shape index (κ3) is 7.41. The molecule has 0 saturated heterocycles. The van der Waals surface area contributed by atoms with Crippen LogP contribution in [-0.4, -0.2) is 18.5 Å². The summed E-state index contributed by atoms with van der Waals surface area (Å²) in [5.74, 6) is 0.564. The molecule has 1 aromatic carbocycles. The smallest absolute Gasteiger partial charge is 0.430 e. The van der Waals surface area contributed by atoms with E-state index in [0.717, 1.165) is 37.2 Å². The van der Waals surface area contributed by atoms with Crippen molar-refractivity contribution in [1.82, 2.24) is 0 Å². The Morgan fingerprint density at radius 2 is 1.48 bits per heavy atom. The molecule has 1 aliphatic rings. The summed E-state index contributed by atoms with van der Waals surface area (Å²) < 4.78 is 80.2. The zero-order valence-electron chi connectivity index (χ0n) is 16.8. The van der Waals surface area contributed by atoms with Crippen molar-refractivity contribution in [2.75, 3.05) is 0 Å². The van der Waals surface area contributed by atoms with Crippen molar-refractivity contribution >= 4 is 0 Å². The number of alkyl halides is 6. The normalized spacial score (nSPS) is 21.8. The van der Waals surface area contributed by atoms with E-state index in [9.17, 15) is 26.3 Å². The standard InChI is InChI=1S/C22H30F6O/c1-2-3-4-5-6-7-16-8-10-17(11-9-16)18-12-14-19(15-13-18)29-22(27,28)20(23)21(24,25)26/h12-17,20H,2-11H2,1H3. The van der Waals surface area contributed by atoms with E-state index in [1.807, 2.05) is 0 Å². The zero-order chi connectivity index (χ0) is 21.5. The molecule has 1 aliphatic carbocycles. The van der Waals surface area contributed by atoms with Gasteiger partial charge in [0.2, 0.25) is 0 Å². The second-order valence-electron chi connectivity index (χ2n) is 8.06. The summed E-state index contributed by atoms with van der Waals surface area (Å²) in [4.78, 5) is 0. The van der Waals surface area contributed by atoms with Crippen LogP contribution in [0.1, 0.15) is 82.6 Å². The molecule has 0 amide bonds. The van der Waals surface area contributed by atoms with Crippen molar-refractivity contribution in [3.63, 3.8) is 0 Å². The highest BCUT2D eigenvalue weighted by Gasteiger charge is 2.59. The van der Waals surface area contributed by atoms with E-state index < -0.39 is 24.2 Å². The number of hydrogen-bond donors (Lipinski definition) is 0. The quantitative estimate of drug-likeness (QED) is 0.272. The highest BCUT2D eigenvalue weighted by atomic mass is 19.4. The van der Waals surface area contributed by atoms with Crippen LogP contribution in [0.4, 0.5) is 26.3 Å². The number of halogens is 6. The predicted octanol–water partition coefficient (Wildman–Crippen LogP) is 8.19. The maximum atomic E-state index is 13.4. The van der Waals surface area contributed by atoms with E-state index in [1.165, 1.54) is 50.7 Å². The molecule has 2 rings (SSSR count). The lowest BCUT2D eigenvalue weighted by molar-refractivity contribution is -0.304. The van der Waals surface area contributed by atoms with Crippen molar-refractivity contribution in [2.24, 2.45) is 5.92 Å². The molecule has 1 fully saturated rings. The molecule has 0 N–H and O–H groups in total. The van der Waals surface area contributed by atoms with E-state index in [4.69, 9.17) is 0 Å². The van der Waals surface area contributed by atoms with Crippen molar-refractivity contribution in [3.8, 4) is 5.75 Å². The summed E-state index contributed by atoms with van der Waals surface area (Å²) in [5, 5.41) is 0. The SMILES string of the molecule is CCCCCCCC1CCC(c2ccc(OC(F)(F)C(F)C(F)(F)F)cc2)CC1. The molecular formula is C22H30F6O. The van der Waals surface area contributed by atoms with E-state index in [-0.39, 0.29) is 0 Å². The van der Waals surface area contributed by atoms with Crippen LogP contribution in [0.3, 0.4) is 0 Å². The molecule has 0 bridgehead atoms. The Hall–Kier alpha value is -1.40. The molecule has 1 aromatic rings. The lowest BCUT2D eigenvalue weighted by Gasteiger charge is -2.29. The number of hydrogen-bond acceptors (Lipinski definition) is 1. The van der Waals surface area contributed by atoms with Crippen LogP contribution in [0.25, 0.3) is 0 Å². The molecule has 1 atom stereocenters. The van der Waals surface area contributed by atoms with Crippen LogP contribution in [0.15, 0.2) is 24.3 Å². The van der Waals surface area contributed by atoms with Crippen LogP contribution in [-0.2, 0) is 0 Å². The first kappa shape index (κ1) is 23.9. The largest absolute Gasteiger partial charge is 0.439 e. The molecule has 0 radical (unpaired) electrons. The number of rotatable bonds is 10. The molecule has 0 aliphatic heterocycles. The number of unbranched alkanes of at least 4 members (excludes halogenated alkanes) is 4. The van der Waals surface area contributed by atoms with Crippen molar-refractivity contribution in [3.05, 3.63) is 29.8 Å². The predicted molar refractivity (Wildman–Crippen MR) is 101 cm³/mol. The second-order valence-corrected chi connectivity index (χ2v) is 8.06. The van der Waals surface area contributed by atoms with Gasteiger partial charge in [-0.05, 0) is 55.2 Å². The first-order chi connectivity index (χ1) is 13.6. The molecule has 29 heavy (non-hydrogen) atoms. The van der Waals surface area contributed by atoms with Gasteiger partial charge in [-0.25, -0.2) is 4.39 Å². The lowest BCUT2D eigenvalue weighted by Crippen LogP contribution is -2.45. The Bertz CT molecular complexity index is 590. The van der Waals surface area contributed by atoms with Gasteiger partial charge < -0.3 is 4.74 Å². The third-order valence-corrected chi connectivity index (χ3v) is 5.75. The zero-order valence-corrected chi connectivity index (χ0v) is 16.8. The fraction of sp³-hybridized carbons (Fsp3) is 0.727.